The number of aryl methyl sites for hydroxylation is 1. The summed E-state index contributed by atoms with van der Waals surface area (Å²) in [4.78, 5) is 18.1. The van der Waals surface area contributed by atoms with Gasteiger partial charge in [0, 0.05) is 32.0 Å². The minimum Gasteiger partial charge on any atom is -0.385 e. The highest BCUT2D eigenvalue weighted by Crippen LogP contribution is 2.17. The van der Waals surface area contributed by atoms with Crippen LogP contribution in [0.2, 0.25) is 0 Å². The molecule has 0 spiro atoms. The van der Waals surface area contributed by atoms with Gasteiger partial charge in [-0.1, -0.05) is 0 Å². The van der Waals surface area contributed by atoms with Crippen LogP contribution >= 0.6 is 0 Å². The molecular weight excluding hydrogens is 240 g/mol. The van der Waals surface area contributed by atoms with Gasteiger partial charge in [0.05, 0.1) is 23.2 Å². The molecular formula is C14H20N4O. The summed E-state index contributed by atoms with van der Waals surface area (Å²) in [6.07, 6.45) is 1.59. The van der Waals surface area contributed by atoms with Crippen molar-refractivity contribution in [2.24, 2.45) is 5.92 Å². The summed E-state index contributed by atoms with van der Waals surface area (Å²) in [5.41, 5.74) is 2.19. The highest BCUT2D eigenvalue weighted by molar-refractivity contribution is 5.99. The van der Waals surface area contributed by atoms with Crippen LogP contribution < -0.4 is 5.32 Å². The fraction of sp³-hybridized carbons (Fsp3) is 0.500. The van der Waals surface area contributed by atoms with E-state index in [9.17, 15) is 4.79 Å². The fourth-order valence-electron chi connectivity index (χ4n) is 1.81. The van der Waals surface area contributed by atoms with Crippen molar-refractivity contribution < 1.29 is 4.79 Å². The van der Waals surface area contributed by atoms with Crippen LogP contribution in [0.4, 0.5) is 5.69 Å². The molecule has 1 aromatic rings. The first kappa shape index (κ1) is 15.0. The molecule has 1 heterocycles. The highest BCUT2D eigenvalue weighted by Gasteiger charge is 2.18. The summed E-state index contributed by atoms with van der Waals surface area (Å²) in [7, 11) is 1.70. The first-order valence-electron chi connectivity index (χ1n) is 6.35. The van der Waals surface area contributed by atoms with Gasteiger partial charge < -0.3 is 10.2 Å². The molecule has 19 heavy (non-hydrogen) atoms. The van der Waals surface area contributed by atoms with Crippen LogP contribution in [0.3, 0.4) is 0 Å². The number of pyridine rings is 1. The fourth-order valence-corrected chi connectivity index (χ4v) is 1.81. The lowest BCUT2D eigenvalue weighted by molar-refractivity contribution is 0.0785. The van der Waals surface area contributed by atoms with E-state index in [2.05, 4.69) is 16.4 Å². The van der Waals surface area contributed by atoms with Gasteiger partial charge in [0.2, 0.25) is 0 Å². The number of amides is 1. The first-order chi connectivity index (χ1) is 8.99. The number of anilines is 1. The van der Waals surface area contributed by atoms with Gasteiger partial charge in [0.1, 0.15) is 0 Å². The average Bonchev–Trinajstić information content (AvgIpc) is 2.38. The second-order valence-electron chi connectivity index (χ2n) is 4.62. The van der Waals surface area contributed by atoms with Gasteiger partial charge in [0.15, 0.2) is 0 Å². The lowest BCUT2D eigenvalue weighted by Crippen LogP contribution is -2.31. The Hall–Kier alpha value is -2.09. The molecule has 0 fully saturated rings. The Morgan fingerprint density at radius 2 is 2.32 bits per heavy atom. The quantitative estimate of drug-likeness (QED) is 0.879. The van der Waals surface area contributed by atoms with E-state index in [1.807, 2.05) is 19.9 Å². The lowest BCUT2D eigenvalue weighted by atomic mass is 10.1. The van der Waals surface area contributed by atoms with E-state index >= 15 is 0 Å². The lowest BCUT2D eigenvalue weighted by Gasteiger charge is -2.20. The van der Waals surface area contributed by atoms with Gasteiger partial charge in [0.25, 0.3) is 5.91 Å². The predicted octanol–water partition coefficient (Wildman–Crippen LogP) is 2.05. The zero-order valence-corrected chi connectivity index (χ0v) is 11.9. The van der Waals surface area contributed by atoms with Crippen molar-refractivity contribution in [3.63, 3.8) is 0 Å². The zero-order valence-electron chi connectivity index (χ0n) is 11.9. The molecule has 0 aromatic carbocycles. The molecule has 0 saturated carbocycles. The summed E-state index contributed by atoms with van der Waals surface area (Å²) in [5, 5.41) is 12.0. The Morgan fingerprint density at radius 1 is 1.63 bits per heavy atom. The maximum atomic E-state index is 12.3. The topological polar surface area (TPSA) is 69.0 Å². The van der Waals surface area contributed by atoms with Crippen molar-refractivity contribution in [3.05, 3.63) is 23.5 Å². The molecule has 1 atom stereocenters. The number of carbonyl (C=O) groups is 1. The number of nitriles is 1. The number of aromatic nitrogens is 1. The molecule has 0 radical (unpaired) electrons. The van der Waals surface area contributed by atoms with Crippen molar-refractivity contribution in [2.45, 2.75) is 20.8 Å². The van der Waals surface area contributed by atoms with Crippen LogP contribution in [0.5, 0.6) is 0 Å². The van der Waals surface area contributed by atoms with E-state index in [0.29, 0.717) is 12.1 Å². The maximum absolute atomic E-state index is 12.3. The van der Waals surface area contributed by atoms with E-state index in [-0.39, 0.29) is 11.8 Å². The van der Waals surface area contributed by atoms with Gasteiger partial charge in [-0.15, -0.1) is 0 Å². The molecule has 1 N–H and O–H groups in total. The summed E-state index contributed by atoms with van der Waals surface area (Å²) in [6, 6.07) is 3.99. The molecule has 0 saturated heterocycles. The summed E-state index contributed by atoms with van der Waals surface area (Å²) >= 11 is 0. The van der Waals surface area contributed by atoms with Crippen molar-refractivity contribution in [1.29, 1.82) is 5.26 Å². The van der Waals surface area contributed by atoms with Crippen LogP contribution in [-0.2, 0) is 0 Å². The average molecular weight is 260 g/mol. The number of hydrogen-bond acceptors (Lipinski definition) is 4. The molecule has 0 aliphatic carbocycles. The van der Waals surface area contributed by atoms with Gasteiger partial charge in [-0.05, 0) is 26.8 Å². The molecule has 1 unspecified atom stereocenters. The monoisotopic (exact) mass is 260 g/mol. The predicted molar refractivity (Wildman–Crippen MR) is 74.9 cm³/mol. The third kappa shape index (κ3) is 3.95. The van der Waals surface area contributed by atoms with Crippen LogP contribution in [0.1, 0.15) is 29.9 Å². The van der Waals surface area contributed by atoms with Gasteiger partial charge in [-0.3, -0.25) is 9.78 Å². The van der Waals surface area contributed by atoms with E-state index in [1.165, 1.54) is 0 Å². The second kappa shape index (κ2) is 6.74. The minimum atomic E-state index is -0.185. The largest absolute Gasteiger partial charge is 0.385 e. The third-order valence-corrected chi connectivity index (χ3v) is 2.75. The van der Waals surface area contributed by atoms with E-state index < -0.39 is 0 Å². The standard InChI is InChI=1S/C14H20N4O/c1-5-16-13-6-11(3)17-8-12(13)14(19)18(4)9-10(2)7-15/h6,8,10H,5,9H2,1-4H3,(H,16,17). The molecule has 0 aliphatic heterocycles. The van der Waals surface area contributed by atoms with Gasteiger partial charge in [-0.25, -0.2) is 0 Å². The smallest absolute Gasteiger partial charge is 0.257 e. The summed E-state index contributed by atoms with van der Waals surface area (Å²) < 4.78 is 0. The van der Waals surface area contributed by atoms with Crippen molar-refractivity contribution in [1.82, 2.24) is 9.88 Å². The molecule has 102 valence electrons. The van der Waals surface area contributed by atoms with E-state index in [1.54, 1.807) is 25.1 Å². The molecule has 0 bridgehead atoms. The number of nitrogens with one attached hydrogen (secondary N) is 1. The Bertz CT molecular complexity index is 493. The SMILES string of the molecule is CCNc1cc(C)ncc1C(=O)N(C)CC(C)C#N. The van der Waals surface area contributed by atoms with Crippen LogP contribution in [0.25, 0.3) is 0 Å². The first-order valence-corrected chi connectivity index (χ1v) is 6.35. The molecule has 0 aliphatic rings. The van der Waals surface area contributed by atoms with Crippen LogP contribution in [-0.4, -0.2) is 35.9 Å². The van der Waals surface area contributed by atoms with Crippen LogP contribution in [0.15, 0.2) is 12.3 Å². The second-order valence-corrected chi connectivity index (χ2v) is 4.62. The summed E-state index contributed by atoms with van der Waals surface area (Å²) in [5.74, 6) is -0.305. The van der Waals surface area contributed by atoms with E-state index in [0.717, 1.165) is 17.9 Å². The maximum Gasteiger partial charge on any atom is 0.257 e. The molecule has 5 heteroatoms. The minimum absolute atomic E-state index is 0.120. The molecule has 5 nitrogen and oxygen atoms in total. The van der Waals surface area contributed by atoms with Gasteiger partial charge >= 0.3 is 0 Å². The van der Waals surface area contributed by atoms with Crippen molar-refractivity contribution in [2.75, 3.05) is 25.5 Å². The Kier molecular flexibility index (Phi) is 5.31. The Balaban J connectivity index is 2.95. The number of nitrogens with zero attached hydrogens (tertiary/aromatic N) is 3. The Labute approximate surface area is 114 Å². The summed E-state index contributed by atoms with van der Waals surface area (Å²) in [6.45, 7) is 6.81. The molecule has 1 aromatic heterocycles. The van der Waals surface area contributed by atoms with Crippen molar-refractivity contribution in [3.8, 4) is 6.07 Å². The highest BCUT2D eigenvalue weighted by atomic mass is 16.2. The third-order valence-electron chi connectivity index (χ3n) is 2.75. The van der Waals surface area contributed by atoms with Crippen LogP contribution in [0, 0.1) is 24.2 Å². The number of rotatable bonds is 5. The molecule has 1 rings (SSSR count). The van der Waals surface area contributed by atoms with Gasteiger partial charge in [-0.2, -0.15) is 5.26 Å². The molecule has 1 amide bonds. The number of carbonyl (C=O) groups excluding carboxylic acids is 1. The van der Waals surface area contributed by atoms with E-state index in [4.69, 9.17) is 5.26 Å². The Morgan fingerprint density at radius 3 is 2.89 bits per heavy atom. The zero-order chi connectivity index (χ0) is 14.4. The number of hydrogen-bond donors (Lipinski definition) is 1. The normalized spacial score (nSPS) is 11.5. The van der Waals surface area contributed by atoms with Crippen molar-refractivity contribution >= 4 is 11.6 Å².